The molecule has 1 aromatic rings. The van der Waals surface area contributed by atoms with Gasteiger partial charge in [-0.25, -0.2) is 4.39 Å². The fraction of sp³-hybridized carbons (Fsp3) is 0.250. The molecular weight excluding hydrogens is 250 g/mol. The summed E-state index contributed by atoms with van der Waals surface area (Å²) in [7, 11) is 0. The summed E-state index contributed by atoms with van der Waals surface area (Å²) in [6.07, 6.45) is -2.00. The Labute approximate surface area is 101 Å². The normalized spacial score (nSPS) is 13.6. The highest BCUT2D eigenvalue weighted by Gasteiger charge is 2.38. The molecule has 1 atom stereocenters. The fourth-order valence-electron chi connectivity index (χ4n) is 1.17. The molecule has 6 heteroatoms. The number of nitrogens with one attached hydrogen (secondary N) is 1. The number of hydrogen-bond acceptors (Lipinski definition) is 1. The summed E-state index contributed by atoms with van der Waals surface area (Å²) in [4.78, 5) is 10.6. The van der Waals surface area contributed by atoms with Crippen LogP contribution in [-0.2, 0) is 4.79 Å². The zero-order valence-electron chi connectivity index (χ0n) is 9.46. The molecule has 0 spiro atoms. The standard InChI is InChI=1S/C12H11F4NO/c1-8(17-11(18)12(14,15)16)2-3-9-4-6-10(13)7-5-9/h2-8H,1H3,(H,17,18). The molecule has 1 aromatic carbocycles. The average Bonchev–Trinajstić information content (AvgIpc) is 2.27. The maximum atomic E-state index is 12.6. The van der Waals surface area contributed by atoms with Crippen molar-refractivity contribution in [3.63, 3.8) is 0 Å². The Morgan fingerprint density at radius 1 is 1.28 bits per heavy atom. The van der Waals surface area contributed by atoms with E-state index in [2.05, 4.69) is 0 Å². The predicted octanol–water partition coefficient (Wildman–Crippen LogP) is 2.91. The van der Waals surface area contributed by atoms with Crippen molar-refractivity contribution in [3.8, 4) is 0 Å². The molecule has 0 fully saturated rings. The first-order valence-corrected chi connectivity index (χ1v) is 5.10. The molecule has 0 aliphatic rings. The van der Waals surface area contributed by atoms with Crippen LogP contribution in [0.1, 0.15) is 12.5 Å². The Bertz CT molecular complexity index is 436. The summed E-state index contributed by atoms with van der Waals surface area (Å²) < 4.78 is 48.4. The van der Waals surface area contributed by atoms with Crippen molar-refractivity contribution in [1.82, 2.24) is 5.32 Å². The van der Waals surface area contributed by atoms with Gasteiger partial charge in [0.15, 0.2) is 0 Å². The summed E-state index contributed by atoms with van der Waals surface area (Å²) in [6, 6.07) is 4.65. The second-order valence-corrected chi connectivity index (χ2v) is 3.67. The minimum atomic E-state index is -4.89. The van der Waals surface area contributed by atoms with Crippen molar-refractivity contribution >= 4 is 12.0 Å². The second kappa shape index (κ2) is 5.66. The van der Waals surface area contributed by atoms with Crippen molar-refractivity contribution in [3.05, 3.63) is 41.7 Å². The van der Waals surface area contributed by atoms with E-state index < -0.39 is 23.9 Å². The summed E-state index contributed by atoms with van der Waals surface area (Å²) in [5, 5.41) is 1.78. The molecule has 1 N–H and O–H groups in total. The smallest absolute Gasteiger partial charge is 0.342 e. The third-order valence-corrected chi connectivity index (χ3v) is 2.06. The molecule has 98 valence electrons. The minimum absolute atomic E-state index is 0.398. The van der Waals surface area contributed by atoms with E-state index in [0.717, 1.165) is 0 Å². The first-order chi connectivity index (χ1) is 8.29. The van der Waals surface area contributed by atoms with E-state index >= 15 is 0 Å². The number of carbonyl (C=O) groups is 1. The maximum absolute atomic E-state index is 12.6. The van der Waals surface area contributed by atoms with Crippen LogP contribution in [0.4, 0.5) is 17.6 Å². The van der Waals surface area contributed by atoms with E-state index in [9.17, 15) is 22.4 Å². The molecule has 1 unspecified atom stereocenters. The number of rotatable bonds is 3. The van der Waals surface area contributed by atoms with Gasteiger partial charge in [-0.2, -0.15) is 13.2 Å². The van der Waals surface area contributed by atoms with Gasteiger partial charge < -0.3 is 5.32 Å². The monoisotopic (exact) mass is 261 g/mol. The van der Waals surface area contributed by atoms with Crippen LogP contribution in [-0.4, -0.2) is 18.1 Å². The lowest BCUT2D eigenvalue weighted by atomic mass is 10.2. The quantitative estimate of drug-likeness (QED) is 0.833. The number of carbonyl (C=O) groups excluding carboxylic acids is 1. The molecule has 0 aromatic heterocycles. The molecule has 0 saturated heterocycles. The van der Waals surface area contributed by atoms with Crippen LogP contribution in [0.5, 0.6) is 0 Å². The third kappa shape index (κ3) is 4.57. The average molecular weight is 261 g/mol. The van der Waals surface area contributed by atoms with Crippen molar-refractivity contribution < 1.29 is 22.4 Å². The van der Waals surface area contributed by atoms with Crippen molar-refractivity contribution in [1.29, 1.82) is 0 Å². The lowest BCUT2D eigenvalue weighted by molar-refractivity contribution is -0.173. The summed E-state index contributed by atoms with van der Waals surface area (Å²) in [5.74, 6) is -2.38. The van der Waals surface area contributed by atoms with Gasteiger partial charge in [-0.1, -0.05) is 24.3 Å². The second-order valence-electron chi connectivity index (χ2n) is 3.67. The first-order valence-electron chi connectivity index (χ1n) is 5.10. The molecule has 2 nitrogen and oxygen atoms in total. The Balaban J connectivity index is 2.57. The van der Waals surface area contributed by atoms with Gasteiger partial charge >= 0.3 is 12.1 Å². The molecule has 0 aliphatic carbocycles. The molecule has 0 aliphatic heterocycles. The van der Waals surface area contributed by atoms with Crippen molar-refractivity contribution in [2.75, 3.05) is 0 Å². The van der Waals surface area contributed by atoms with E-state index in [0.29, 0.717) is 5.56 Å². The Kier molecular flexibility index (Phi) is 4.47. The van der Waals surface area contributed by atoms with Gasteiger partial charge in [0.1, 0.15) is 5.82 Å². The molecule has 0 radical (unpaired) electrons. The molecular formula is C12H11F4NO. The number of alkyl halides is 3. The van der Waals surface area contributed by atoms with Crippen LogP contribution in [0.2, 0.25) is 0 Å². The van der Waals surface area contributed by atoms with E-state index in [1.54, 1.807) is 5.32 Å². The lowest BCUT2D eigenvalue weighted by Gasteiger charge is -2.11. The fourth-order valence-corrected chi connectivity index (χ4v) is 1.17. The van der Waals surface area contributed by atoms with E-state index in [-0.39, 0.29) is 0 Å². The van der Waals surface area contributed by atoms with Gasteiger partial charge in [-0.3, -0.25) is 4.79 Å². The Hall–Kier alpha value is -1.85. The SMILES string of the molecule is CC(C=Cc1ccc(F)cc1)NC(=O)C(F)(F)F. The lowest BCUT2D eigenvalue weighted by Crippen LogP contribution is -2.41. The highest BCUT2D eigenvalue weighted by atomic mass is 19.4. The topological polar surface area (TPSA) is 29.1 Å². The zero-order chi connectivity index (χ0) is 13.8. The summed E-state index contributed by atoms with van der Waals surface area (Å²) in [6.45, 7) is 1.41. The third-order valence-electron chi connectivity index (χ3n) is 2.06. The number of hydrogen-bond donors (Lipinski definition) is 1. The van der Waals surface area contributed by atoms with Gasteiger partial charge in [0.2, 0.25) is 0 Å². The highest BCUT2D eigenvalue weighted by Crippen LogP contribution is 2.14. The maximum Gasteiger partial charge on any atom is 0.471 e. The summed E-state index contributed by atoms with van der Waals surface area (Å²) in [5.41, 5.74) is 0.629. The molecule has 0 bridgehead atoms. The van der Waals surface area contributed by atoms with Crippen LogP contribution >= 0.6 is 0 Å². The van der Waals surface area contributed by atoms with Crippen molar-refractivity contribution in [2.24, 2.45) is 0 Å². The van der Waals surface area contributed by atoms with E-state index in [4.69, 9.17) is 0 Å². The van der Waals surface area contributed by atoms with Crippen molar-refractivity contribution in [2.45, 2.75) is 19.1 Å². The first kappa shape index (κ1) is 14.2. The van der Waals surface area contributed by atoms with Gasteiger partial charge in [0.05, 0.1) is 0 Å². The zero-order valence-corrected chi connectivity index (χ0v) is 9.46. The number of benzene rings is 1. The highest BCUT2D eigenvalue weighted by molar-refractivity contribution is 5.82. The van der Waals surface area contributed by atoms with E-state index in [1.807, 2.05) is 0 Å². The van der Waals surface area contributed by atoms with Crippen LogP contribution in [0.15, 0.2) is 30.3 Å². The number of halogens is 4. The Morgan fingerprint density at radius 3 is 2.33 bits per heavy atom. The van der Waals surface area contributed by atoms with Gasteiger partial charge in [-0.05, 0) is 24.6 Å². The predicted molar refractivity (Wildman–Crippen MR) is 59.1 cm³/mol. The number of amides is 1. The Morgan fingerprint density at radius 2 is 1.83 bits per heavy atom. The molecule has 0 saturated carbocycles. The van der Waals surface area contributed by atoms with E-state index in [1.165, 1.54) is 43.3 Å². The minimum Gasteiger partial charge on any atom is -0.342 e. The largest absolute Gasteiger partial charge is 0.471 e. The molecule has 1 rings (SSSR count). The van der Waals surface area contributed by atoms with Gasteiger partial charge in [0, 0.05) is 6.04 Å². The molecule has 1 amide bonds. The van der Waals surface area contributed by atoms with Crippen LogP contribution in [0, 0.1) is 5.82 Å². The van der Waals surface area contributed by atoms with Crippen LogP contribution in [0.25, 0.3) is 6.08 Å². The van der Waals surface area contributed by atoms with Gasteiger partial charge in [0.25, 0.3) is 0 Å². The van der Waals surface area contributed by atoms with Crippen LogP contribution in [0.3, 0.4) is 0 Å². The molecule has 0 heterocycles. The van der Waals surface area contributed by atoms with Crippen LogP contribution < -0.4 is 5.32 Å². The van der Waals surface area contributed by atoms with Gasteiger partial charge in [-0.15, -0.1) is 0 Å². The summed E-state index contributed by atoms with van der Waals surface area (Å²) >= 11 is 0. The molecule has 18 heavy (non-hydrogen) atoms.